The summed E-state index contributed by atoms with van der Waals surface area (Å²) in [5.74, 6) is 0. The summed E-state index contributed by atoms with van der Waals surface area (Å²) in [6.45, 7) is 2.01. The Bertz CT molecular complexity index is 428. The summed E-state index contributed by atoms with van der Waals surface area (Å²) < 4.78 is 0. The van der Waals surface area contributed by atoms with Gasteiger partial charge in [0, 0.05) is 13.1 Å². The quantitative estimate of drug-likeness (QED) is 0.573. The number of aryl methyl sites for hydroxylation is 2. The van der Waals surface area contributed by atoms with Crippen LogP contribution in [-0.4, -0.2) is 13.1 Å². The number of fused-ring (bicyclic) bond motifs is 2. The smallest absolute Gasteiger partial charge is 0.0610 e. The predicted molar refractivity (Wildman–Crippen MR) is 55.1 cm³/mol. The number of rotatable bonds is 0. The van der Waals surface area contributed by atoms with Gasteiger partial charge in [0.25, 0.3) is 0 Å². The van der Waals surface area contributed by atoms with E-state index in [4.69, 9.17) is 0 Å². The molecule has 0 fully saturated rings. The molecule has 0 aromatic heterocycles. The van der Waals surface area contributed by atoms with Crippen molar-refractivity contribution in [2.24, 2.45) is 9.98 Å². The molecule has 2 heteroatoms. The second-order valence-electron chi connectivity index (χ2n) is 4.08. The molecule has 72 valence electrons. The van der Waals surface area contributed by atoms with Gasteiger partial charge in [-0.3, -0.25) is 9.98 Å². The van der Waals surface area contributed by atoms with E-state index in [0.29, 0.717) is 0 Å². The topological polar surface area (TPSA) is 24.7 Å². The minimum atomic E-state index is 1.00. The van der Waals surface area contributed by atoms with Crippen LogP contribution in [0, 0.1) is 0 Å². The summed E-state index contributed by atoms with van der Waals surface area (Å²) in [5, 5.41) is 2.46. The lowest BCUT2D eigenvalue weighted by Crippen LogP contribution is -2.25. The minimum absolute atomic E-state index is 1.00. The summed E-state index contributed by atoms with van der Waals surface area (Å²) in [4.78, 5) is 9.12. The molecule has 0 radical (unpaired) electrons. The zero-order valence-corrected chi connectivity index (χ0v) is 8.29. The maximum Gasteiger partial charge on any atom is 0.0610 e. The number of nitrogens with zero attached hydrogens (tertiary/aromatic N) is 2. The molecule has 1 aromatic rings. The Balaban J connectivity index is 2.28. The van der Waals surface area contributed by atoms with Crippen LogP contribution < -0.4 is 10.7 Å². The molecule has 14 heavy (non-hydrogen) atoms. The standard InChI is InChI=1S/C12H14N2/c1-3-9-7-12-10(4-2-6-14-12)8-11(9)13-5-1/h7-8H,1-6H2. The van der Waals surface area contributed by atoms with E-state index in [-0.39, 0.29) is 0 Å². The van der Waals surface area contributed by atoms with Gasteiger partial charge in [-0.05, 0) is 48.9 Å². The first-order valence-corrected chi connectivity index (χ1v) is 5.44. The summed E-state index contributed by atoms with van der Waals surface area (Å²) in [5.41, 5.74) is 2.81. The highest BCUT2D eigenvalue weighted by molar-refractivity contribution is 5.24. The van der Waals surface area contributed by atoms with Crippen LogP contribution in [0.3, 0.4) is 0 Å². The minimum Gasteiger partial charge on any atom is -0.285 e. The van der Waals surface area contributed by atoms with Crippen molar-refractivity contribution in [3.8, 4) is 0 Å². The Kier molecular flexibility index (Phi) is 1.86. The highest BCUT2D eigenvalue weighted by Gasteiger charge is 2.08. The Hall–Kier alpha value is -1.18. The van der Waals surface area contributed by atoms with E-state index in [9.17, 15) is 0 Å². The van der Waals surface area contributed by atoms with Crippen LogP contribution in [0.5, 0.6) is 0 Å². The molecular formula is C12H14N2. The molecular weight excluding hydrogens is 172 g/mol. The average molecular weight is 186 g/mol. The number of hydrogen-bond acceptors (Lipinski definition) is 2. The first-order valence-electron chi connectivity index (χ1n) is 5.44. The van der Waals surface area contributed by atoms with Crippen LogP contribution in [0.15, 0.2) is 22.1 Å². The largest absolute Gasteiger partial charge is 0.285 e. The Morgan fingerprint density at radius 1 is 0.786 bits per heavy atom. The molecule has 2 heterocycles. The predicted octanol–water partition coefficient (Wildman–Crippen LogP) is 0.818. The van der Waals surface area contributed by atoms with Crippen molar-refractivity contribution in [1.29, 1.82) is 0 Å². The van der Waals surface area contributed by atoms with Gasteiger partial charge in [0.1, 0.15) is 0 Å². The van der Waals surface area contributed by atoms with Crippen molar-refractivity contribution in [3.63, 3.8) is 0 Å². The Morgan fingerprint density at radius 2 is 1.29 bits per heavy atom. The maximum atomic E-state index is 4.56. The summed E-state index contributed by atoms with van der Waals surface area (Å²) in [6, 6.07) is 4.51. The van der Waals surface area contributed by atoms with Gasteiger partial charge in [-0.15, -0.1) is 0 Å². The van der Waals surface area contributed by atoms with E-state index in [2.05, 4.69) is 22.1 Å². The van der Waals surface area contributed by atoms with Crippen LogP contribution >= 0.6 is 0 Å². The van der Waals surface area contributed by atoms with Gasteiger partial charge >= 0.3 is 0 Å². The van der Waals surface area contributed by atoms with Crippen molar-refractivity contribution in [1.82, 2.24) is 0 Å². The third kappa shape index (κ3) is 1.26. The second kappa shape index (κ2) is 3.19. The van der Waals surface area contributed by atoms with E-state index in [1.54, 1.807) is 0 Å². The van der Waals surface area contributed by atoms with E-state index >= 15 is 0 Å². The molecule has 0 saturated carbocycles. The van der Waals surface area contributed by atoms with E-state index in [0.717, 1.165) is 13.1 Å². The third-order valence-electron chi connectivity index (χ3n) is 3.05. The number of hydrogen-bond donors (Lipinski definition) is 0. The van der Waals surface area contributed by atoms with Gasteiger partial charge in [-0.1, -0.05) is 0 Å². The van der Waals surface area contributed by atoms with Gasteiger partial charge in [-0.25, -0.2) is 0 Å². The maximum absolute atomic E-state index is 4.56. The molecule has 2 aliphatic heterocycles. The highest BCUT2D eigenvalue weighted by Crippen LogP contribution is 2.05. The molecule has 1 aromatic carbocycles. The zero-order chi connectivity index (χ0) is 9.38. The molecule has 2 nitrogen and oxygen atoms in total. The summed E-state index contributed by atoms with van der Waals surface area (Å²) in [7, 11) is 0. The van der Waals surface area contributed by atoms with Crippen molar-refractivity contribution in [2.45, 2.75) is 25.7 Å². The monoisotopic (exact) mass is 186 g/mol. The van der Waals surface area contributed by atoms with Crippen LogP contribution in [-0.2, 0) is 12.8 Å². The molecule has 3 rings (SSSR count). The molecule has 0 atom stereocenters. The third-order valence-corrected chi connectivity index (χ3v) is 3.05. The van der Waals surface area contributed by atoms with Gasteiger partial charge in [0.15, 0.2) is 0 Å². The van der Waals surface area contributed by atoms with Gasteiger partial charge < -0.3 is 0 Å². The Labute approximate surface area is 83.4 Å². The first kappa shape index (κ1) is 8.16. The molecule has 0 spiro atoms. The average Bonchev–Trinajstić information content (AvgIpc) is 2.26. The fraction of sp³-hybridized carbons (Fsp3) is 0.500. The second-order valence-corrected chi connectivity index (χ2v) is 4.08. The first-order chi connectivity index (χ1) is 6.93. The molecule has 2 aliphatic rings. The SMILES string of the molecule is c1c2c(cc3c1=NCCC3)=NCCC2. The molecule has 0 amide bonds. The highest BCUT2D eigenvalue weighted by atomic mass is 14.7. The lowest BCUT2D eigenvalue weighted by Gasteiger charge is -2.12. The van der Waals surface area contributed by atoms with Crippen molar-refractivity contribution >= 4 is 0 Å². The van der Waals surface area contributed by atoms with Gasteiger partial charge in [0.2, 0.25) is 0 Å². The molecule has 0 N–H and O–H groups in total. The Morgan fingerprint density at radius 3 is 1.79 bits per heavy atom. The summed E-state index contributed by atoms with van der Waals surface area (Å²) in [6.07, 6.45) is 4.76. The van der Waals surface area contributed by atoms with Crippen LogP contribution in [0.1, 0.15) is 24.0 Å². The molecule has 0 aliphatic carbocycles. The molecule has 0 saturated heterocycles. The van der Waals surface area contributed by atoms with Crippen molar-refractivity contribution < 1.29 is 0 Å². The van der Waals surface area contributed by atoms with Crippen LogP contribution in [0.2, 0.25) is 0 Å². The normalized spacial score (nSPS) is 18.9. The lowest BCUT2D eigenvalue weighted by atomic mass is 9.99. The van der Waals surface area contributed by atoms with Crippen LogP contribution in [0.25, 0.3) is 0 Å². The molecule has 0 unspecified atom stereocenters. The van der Waals surface area contributed by atoms with E-state index in [1.165, 1.54) is 47.5 Å². The lowest BCUT2D eigenvalue weighted by molar-refractivity contribution is 0.738. The summed E-state index contributed by atoms with van der Waals surface area (Å²) >= 11 is 0. The van der Waals surface area contributed by atoms with Crippen molar-refractivity contribution in [2.75, 3.05) is 13.1 Å². The zero-order valence-electron chi connectivity index (χ0n) is 8.29. The van der Waals surface area contributed by atoms with Gasteiger partial charge in [0.05, 0.1) is 10.7 Å². The molecule has 0 bridgehead atoms. The van der Waals surface area contributed by atoms with E-state index < -0.39 is 0 Å². The van der Waals surface area contributed by atoms with Gasteiger partial charge in [-0.2, -0.15) is 0 Å². The fourth-order valence-corrected chi connectivity index (χ4v) is 2.30. The van der Waals surface area contributed by atoms with Crippen molar-refractivity contribution in [3.05, 3.63) is 34.0 Å². The van der Waals surface area contributed by atoms with E-state index in [1.807, 2.05) is 0 Å². The fourth-order valence-electron chi connectivity index (χ4n) is 2.30. The van der Waals surface area contributed by atoms with Crippen LogP contribution in [0.4, 0.5) is 0 Å². The number of benzene rings is 1.